The molecule has 78 valence electrons. The van der Waals surface area contributed by atoms with E-state index in [0.717, 1.165) is 6.54 Å². The smallest absolute Gasteiger partial charge is 0.0900 e. The molecule has 1 saturated carbocycles. The molecule has 1 aliphatic rings. The molecule has 1 aromatic heterocycles. The minimum Gasteiger partial charge on any atom is -0.308 e. The Morgan fingerprint density at radius 2 is 2.14 bits per heavy atom. The van der Waals surface area contributed by atoms with Crippen molar-refractivity contribution in [2.24, 2.45) is 5.41 Å². The van der Waals surface area contributed by atoms with E-state index in [4.69, 9.17) is 0 Å². The van der Waals surface area contributed by atoms with Crippen LogP contribution in [0.25, 0.3) is 0 Å². The van der Waals surface area contributed by atoms with Crippen molar-refractivity contribution < 1.29 is 0 Å². The summed E-state index contributed by atoms with van der Waals surface area (Å²) in [5.41, 5.74) is 1.71. The van der Waals surface area contributed by atoms with Gasteiger partial charge in [-0.15, -0.1) is 11.3 Å². The van der Waals surface area contributed by atoms with Crippen LogP contribution in [0, 0.1) is 19.3 Å². The summed E-state index contributed by atoms with van der Waals surface area (Å²) in [4.78, 5) is 5.82. The van der Waals surface area contributed by atoms with E-state index in [0.29, 0.717) is 11.5 Å². The molecule has 0 saturated heterocycles. The first-order valence-electron chi connectivity index (χ1n) is 5.15. The molecular formula is C11H18N2S. The van der Waals surface area contributed by atoms with E-state index in [-0.39, 0.29) is 0 Å². The van der Waals surface area contributed by atoms with Crippen molar-refractivity contribution in [2.75, 3.05) is 0 Å². The normalized spacial score (nSPS) is 23.9. The Labute approximate surface area is 89.8 Å². The molecule has 1 atom stereocenters. The molecule has 1 aromatic rings. The van der Waals surface area contributed by atoms with Crippen molar-refractivity contribution in [3.63, 3.8) is 0 Å². The van der Waals surface area contributed by atoms with Crippen molar-refractivity contribution >= 4 is 11.3 Å². The zero-order chi connectivity index (χ0) is 10.3. The summed E-state index contributed by atoms with van der Waals surface area (Å²) in [6, 6.07) is 0.712. The lowest BCUT2D eigenvalue weighted by Crippen LogP contribution is -2.19. The Morgan fingerprint density at radius 3 is 2.57 bits per heavy atom. The van der Waals surface area contributed by atoms with Crippen LogP contribution in [0.2, 0.25) is 0 Å². The van der Waals surface area contributed by atoms with Crippen molar-refractivity contribution in [1.82, 2.24) is 10.3 Å². The molecule has 3 heteroatoms. The van der Waals surface area contributed by atoms with Crippen molar-refractivity contribution in [3.05, 3.63) is 15.6 Å². The molecule has 1 aliphatic carbocycles. The third-order valence-corrected chi connectivity index (χ3v) is 4.09. The maximum absolute atomic E-state index is 4.42. The van der Waals surface area contributed by atoms with E-state index >= 15 is 0 Å². The number of aromatic nitrogens is 1. The Morgan fingerprint density at radius 1 is 1.50 bits per heavy atom. The number of aryl methyl sites for hydroxylation is 2. The molecule has 0 aromatic carbocycles. The van der Waals surface area contributed by atoms with Crippen LogP contribution >= 0.6 is 11.3 Å². The fourth-order valence-electron chi connectivity index (χ4n) is 1.77. The van der Waals surface area contributed by atoms with Crippen LogP contribution in [0.3, 0.4) is 0 Å². The summed E-state index contributed by atoms with van der Waals surface area (Å²) in [6.45, 7) is 9.79. The predicted molar refractivity (Wildman–Crippen MR) is 60.6 cm³/mol. The maximum Gasteiger partial charge on any atom is 0.0900 e. The number of nitrogens with zero attached hydrogens (tertiary/aromatic N) is 1. The third-order valence-electron chi connectivity index (χ3n) is 3.02. The van der Waals surface area contributed by atoms with Crippen LogP contribution in [0.5, 0.6) is 0 Å². The minimum atomic E-state index is 0.521. The van der Waals surface area contributed by atoms with E-state index in [9.17, 15) is 0 Å². The standard InChI is InChI=1S/C11H18N2S/c1-7-9(14-8(2)13-7)6-12-10-5-11(10,3)4/h10,12H,5-6H2,1-4H3. The van der Waals surface area contributed by atoms with Crippen molar-refractivity contribution in [1.29, 1.82) is 0 Å². The van der Waals surface area contributed by atoms with Gasteiger partial charge in [0.25, 0.3) is 0 Å². The van der Waals surface area contributed by atoms with Crippen LogP contribution < -0.4 is 5.32 Å². The number of hydrogen-bond donors (Lipinski definition) is 1. The SMILES string of the molecule is Cc1nc(C)c(CNC2CC2(C)C)s1. The highest BCUT2D eigenvalue weighted by atomic mass is 32.1. The van der Waals surface area contributed by atoms with Crippen LogP contribution in [-0.2, 0) is 6.54 Å². The summed E-state index contributed by atoms with van der Waals surface area (Å²) in [7, 11) is 0. The molecule has 2 nitrogen and oxygen atoms in total. The lowest BCUT2D eigenvalue weighted by atomic mass is 10.2. The van der Waals surface area contributed by atoms with Gasteiger partial charge in [0.05, 0.1) is 10.7 Å². The lowest BCUT2D eigenvalue weighted by molar-refractivity contribution is 0.543. The van der Waals surface area contributed by atoms with Crippen molar-refractivity contribution in [3.8, 4) is 0 Å². The molecule has 0 amide bonds. The van der Waals surface area contributed by atoms with Gasteiger partial charge in [-0.25, -0.2) is 4.98 Å². The molecule has 0 bridgehead atoms. The van der Waals surface area contributed by atoms with Crippen LogP contribution in [0.4, 0.5) is 0 Å². The molecule has 14 heavy (non-hydrogen) atoms. The lowest BCUT2D eigenvalue weighted by Gasteiger charge is -2.04. The van der Waals surface area contributed by atoms with Gasteiger partial charge in [-0.1, -0.05) is 13.8 Å². The summed E-state index contributed by atoms with van der Waals surface area (Å²) in [5, 5.41) is 4.76. The zero-order valence-electron chi connectivity index (χ0n) is 9.35. The maximum atomic E-state index is 4.42. The third kappa shape index (κ3) is 1.98. The average molecular weight is 210 g/mol. The van der Waals surface area contributed by atoms with Gasteiger partial charge in [-0.3, -0.25) is 0 Å². The topological polar surface area (TPSA) is 24.9 Å². The fourth-order valence-corrected chi connectivity index (χ4v) is 2.66. The highest BCUT2D eigenvalue weighted by molar-refractivity contribution is 7.11. The van der Waals surface area contributed by atoms with E-state index in [1.165, 1.54) is 22.0 Å². The van der Waals surface area contributed by atoms with Gasteiger partial charge in [0.1, 0.15) is 0 Å². The second-order valence-corrected chi connectivity index (χ2v) is 6.16. The largest absolute Gasteiger partial charge is 0.308 e. The molecule has 2 rings (SSSR count). The number of rotatable bonds is 3. The second-order valence-electron chi connectivity index (χ2n) is 4.87. The van der Waals surface area contributed by atoms with Gasteiger partial charge < -0.3 is 5.32 Å². The fraction of sp³-hybridized carbons (Fsp3) is 0.727. The van der Waals surface area contributed by atoms with E-state index < -0.39 is 0 Å². The number of nitrogens with one attached hydrogen (secondary N) is 1. The number of thiazole rings is 1. The van der Waals surface area contributed by atoms with E-state index in [2.05, 4.69) is 38.0 Å². The Hall–Kier alpha value is -0.410. The first-order valence-corrected chi connectivity index (χ1v) is 5.97. The van der Waals surface area contributed by atoms with Gasteiger partial charge in [-0.05, 0) is 25.7 Å². The monoisotopic (exact) mass is 210 g/mol. The Balaban J connectivity index is 1.90. The Kier molecular flexibility index (Phi) is 2.40. The van der Waals surface area contributed by atoms with Crippen LogP contribution in [-0.4, -0.2) is 11.0 Å². The van der Waals surface area contributed by atoms with Crippen LogP contribution in [0.1, 0.15) is 35.8 Å². The molecule has 1 unspecified atom stereocenters. The molecule has 0 radical (unpaired) electrons. The average Bonchev–Trinajstić information content (AvgIpc) is 2.53. The Bertz CT molecular complexity index is 341. The van der Waals surface area contributed by atoms with Gasteiger partial charge in [0.2, 0.25) is 0 Å². The number of hydrogen-bond acceptors (Lipinski definition) is 3. The quantitative estimate of drug-likeness (QED) is 0.829. The predicted octanol–water partition coefficient (Wildman–Crippen LogP) is 2.65. The van der Waals surface area contributed by atoms with Crippen molar-refractivity contribution in [2.45, 2.75) is 46.7 Å². The molecule has 1 fully saturated rings. The zero-order valence-corrected chi connectivity index (χ0v) is 10.2. The van der Waals surface area contributed by atoms with Gasteiger partial charge in [0, 0.05) is 17.5 Å². The molecule has 1 N–H and O–H groups in total. The first-order chi connectivity index (χ1) is 6.49. The summed E-state index contributed by atoms with van der Waals surface area (Å²) < 4.78 is 0. The highest BCUT2D eigenvalue weighted by Gasteiger charge is 2.45. The van der Waals surface area contributed by atoms with Gasteiger partial charge in [0.15, 0.2) is 0 Å². The summed E-state index contributed by atoms with van der Waals surface area (Å²) in [5.74, 6) is 0. The van der Waals surface area contributed by atoms with Gasteiger partial charge in [-0.2, -0.15) is 0 Å². The first kappa shape index (κ1) is 10.1. The van der Waals surface area contributed by atoms with E-state index in [1.807, 2.05) is 11.3 Å². The molecule has 1 heterocycles. The van der Waals surface area contributed by atoms with Crippen LogP contribution in [0.15, 0.2) is 0 Å². The summed E-state index contributed by atoms with van der Waals surface area (Å²) in [6.07, 6.45) is 1.31. The second kappa shape index (κ2) is 3.31. The molecule has 0 spiro atoms. The molecule has 0 aliphatic heterocycles. The van der Waals surface area contributed by atoms with Gasteiger partial charge >= 0.3 is 0 Å². The van der Waals surface area contributed by atoms with E-state index in [1.54, 1.807) is 0 Å². The summed E-state index contributed by atoms with van der Waals surface area (Å²) >= 11 is 1.81. The minimum absolute atomic E-state index is 0.521. The molecular weight excluding hydrogens is 192 g/mol. The highest BCUT2D eigenvalue weighted by Crippen LogP contribution is 2.44.